The second-order valence-corrected chi connectivity index (χ2v) is 6.18. The fraction of sp³-hybridized carbons (Fsp3) is 0.923. The molecule has 1 N–H and O–H groups in total. The number of ether oxygens (including phenoxy) is 1. The molecule has 0 bridgehead atoms. The van der Waals surface area contributed by atoms with E-state index in [0.29, 0.717) is 0 Å². The van der Waals surface area contributed by atoms with Crippen molar-refractivity contribution in [3.05, 3.63) is 0 Å². The zero-order valence-electron chi connectivity index (χ0n) is 11.8. The van der Waals surface area contributed by atoms with E-state index in [1.165, 1.54) is 12.8 Å². The standard InChI is InChI=1S/C13H26N2O2/c1-6-7-8-14-13(5)9-15(10-13)11(16)17-12(2,3)4/h14H,6-10H2,1-5H3. The molecular formula is C13H26N2O2. The SMILES string of the molecule is CCCCNC1(C)CN(C(=O)OC(C)(C)C)C1. The Hall–Kier alpha value is -0.770. The average molecular weight is 242 g/mol. The molecule has 17 heavy (non-hydrogen) atoms. The van der Waals surface area contributed by atoms with Gasteiger partial charge < -0.3 is 15.0 Å². The molecule has 4 heteroatoms. The molecule has 0 aromatic heterocycles. The van der Waals surface area contributed by atoms with E-state index >= 15 is 0 Å². The van der Waals surface area contributed by atoms with Gasteiger partial charge in [-0.05, 0) is 40.7 Å². The van der Waals surface area contributed by atoms with E-state index in [0.717, 1.165) is 19.6 Å². The molecule has 0 saturated carbocycles. The summed E-state index contributed by atoms with van der Waals surface area (Å²) in [6, 6.07) is 0. The van der Waals surface area contributed by atoms with Crippen LogP contribution in [0.4, 0.5) is 4.79 Å². The maximum atomic E-state index is 11.7. The average Bonchev–Trinajstić information content (AvgIpc) is 2.11. The van der Waals surface area contributed by atoms with Crippen molar-refractivity contribution in [3.63, 3.8) is 0 Å². The van der Waals surface area contributed by atoms with Gasteiger partial charge in [0.1, 0.15) is 5.60 Å². The Balaban J connectivity index is 2.28. The third-order valence-electron chi connectivity index (χ3n) is 2.81. The number of nitrogens with one attached hydrogen (secondary N) is 1. The van der Waals surface area contributed by atoms with E-state index in [1.807, 2.05) is 20.8 Å². The van der Waals surface area contributed by atoms with Crippen LogP contribution in [0.3, 0.4) is 0 Å². The number of likely N-dealkylation sites (tertiary alicyclic amines) is 1. The largest absolute Gasteiger partial charge is 0.444 e. The van der Waals surface area contributed by atoms with Gasteiger partial charge >= 0.3 is 6.09 Å². The Morgan fingerprint density at radius 3 is 2.47 bits per heavy atom. The predicted molar refractivity (Wildman–Crippen MR) is 69.1 cm³/mol. The van der Waals surface area contributed by atoms with Crippen molar-refractivity contribution in [2.24, 2.45) is 0 Å². The molecule has 1 aliphatic heterocycles. The van der Waals surface area contributed by atoms with Gasteiger partial charge in [-0.25, -0.2) is 4.79 Å². The third kappa shape index (κ3) is 4.54. The maximum absolute atomic E-state index is 11.7. The Labute approximate surface area is 105 Å². The van der Waals surface area contributed by atoms with Crippen LogP contribution in [0.2, 0.25) is 0 Å². The topological polar surface area (TPSA) is 41.6 Å². The monoisotopic (exact) mass is 242 g/mol. The molecule has 1 saturated heterocycles. The number of unbranched alkanes of at least 4 members (excludes halogenated alkanes) is 1. The smallest absolute Gasteiger partial charge is 0.410 e. The van der Waals surface area contributed by atoms with Gasteiger partial charge in [0.05, 0.1) is 5.54 Å². The molecular weight excluding hydrogens is 216 g/mol. The Morgan fingerprint density at radius 1 is 1.41 bits per heavy atom. The lowest BCUT2D eigenvalue weighted by molar-refractivity contribution is -0.0122. The summed E-state index contributed by atoms with van der Waals surface area (Å²) in [5, 5.41) is 3.49. The summed E-state index contributed by atoms with van der Waals surface area (Å²) in [7, 11) is 0. The number of hydrogen-bond donors (Lipinski definition) is 1. The van der Waals surface area contributed by atoms with Gasteiger partial charge in [0, 0.05) is 13.1 Å². The quantitative estimate of drug-likeness (QED) is 0.770. The van der Waals surface area contributed by atoms with Crippen LogP contribution in [-0.4, -0.2) is 41.8 Å². The van der Waals surface area contributed by atoms with Crippen molar-refractivity contribution >= 4 is 6.09 Å². The van der Waals surface area contributed by atoms with Gasteiger partial charge in [-0.1, -0.05) is 13.3 Å². The molecule has 1 rings (SSSR count). The fourth-order valence-corrected chi connectivity index (χ4v) is 1.93. The lowest BCUT2D eigenvalue weighted by Crippen LogP contribution is -2.69. The molecule has 0 spiro atoms. The van der Waals surface area contributed by atoms with Gasteiger partial charge in [0.25, 0.3) is 0 Å². The van der Waals surface area contributed by atoms with E-state index in [4.69, 9.17) is 4.74 Å². The molecule has 1 fully saturated rings. The van der Waals surface area contributed by atoms with Gasteiger partial charge in [-0.2, -0.15) is 0 Å². The predicted octanol–water partition coefficient (Wildman–Crippen LogP) is 2.39. The van der Waals surface area contributed by atoms with Crippen molar-refractivity contribution in [1.29, 1.82) is 0 Å². The highest BCUT2D eigenvalue weighted by atomic mass is 16.6. The van der Waals surface area contributed by atoms with Gasteiger partial charge in [0.15, 0.2) is 0 Å². The number of amides is 1. The summed E-state index contributed by atoms with van der Waals surface area (Å²) >= 11 is 0. The van der Waals surface area contributed by atoms with Crippen LogP contribution in [0, 0.1) is 0 Å². The first kappa shape index (κ1) is 14.3. The van der Waals surface area contributed by atoms with Gasteiger partial charge in [-0.3, -0.25) is 0 Å². The van der Waals surface area contributed by atoms with Crippen LogP contribution >= 0.6 is 0 Å². The molecule has 4 nitrogen and oxygen atoms in total. The van der Waals surface area contributed by atoms with Crippen LogP contribution in [-0.2, 0) is 4.74 Å². The summed E-state index contributed by atoms with van der Waals surface area (Å²) < 4.78 is 5.32. The Kier molecular flexibility index (Phi) is 4.42. The highest BCUT2D eigenvalue weighted by Gasteiger charge is 2.42. The summed E-state index contributed by atoms with van der Waals surface area (Å²) in [4.78, 5) is 13.5. The molecule has 0 aromatic rings. The zero-order valence-corrected chi connectivity index (χ0v) is 11.8. The van der Waals surface area contributed by atoms with Crippen molar-refractivity contribution in [3.8, 4) is 0 Å². The minimum absolute atomic E-state index is 0.0755. The van der Waals surface area contributed by atoms with Crippen molar-refractivity contribution in [2.75, 3.05) is 19.6 Å². The molecule has 0 aliphatic carbocycles. The summed E-state index contributed by atoms with van der Waals surface area (Å²) in [6.07, 6.45) is 2.17. The van der Waals surface area contributed by atoms with Crippen molar-refractivity contribution in [1.82, 2.24) is 10.2 Å². The Bertz CT molecular complexity index is 265. The molecule has 0 unspecified atom stereocenters. The first-order valence-electron chi connectivity index (χ1n) is 6.49. The van der Waals surface area contributed by atoms with Crippen molar-refractivity contribution in [2.45, 2.75) is 58.6 Å². The van der Waals surface area contributed by atoms with Crippen LogP contribution in [0.1, 0.15) is 47.5 Å². The lowest BCUT2D eigenvalue weighted by Gasteiger charge is -2.48. The number of hydrogen-bond acceptors (Lipinski definition) is 3. The van der Waals surface area contributed by atoms with Crippen LogP contribution in [0.5, 0.6) is 0 Å². The third-order valence-corrected chi connectivity index (χ3v) is 2.81. The summed E-state index contributed by atoms with van der Waals surface area (Å²) in [6.45, 7) is 12.5. The number of carbonyl (C=O) groups excluding carboxylic acids is 1. The highest BCUT2D eigenvalue weighted by Crippen LogP contribution is 2.22. The van der Waals surface area contributed by atoms with E-state index in [1.54, 1.807) is 4.90 Å². The molecule has 1 aliphatic rings. The zero-order chi connectivity index (χ0) is 13.1. The summed E-state index contributed by atoms with van der Waals surface area (Å²) in [5.41, 5.74) is -0.329. The van der Waals surface area contributed by atoms with E-state index in [9.17, 15) is 4.79 Å². The van der Waals surface area contributed by atoms with Crippen LogP contribution in [0.15, 0.2) is 0 Å². The fourth-order valence-electron chi connectivity index (χ4n) is 1.93. The van der Waals surface area contributed by atoms with Crippen molar-refractivity contribution < 1.29 is 9.53 Å². The van der Waals surface area contributed by atoms with E-state index in [-0.39, 0.29) is 11.6 Å². The van der Waals surface area contributed by atoms with Gasteiger partial charge in [0.2, 0.25) is 0 Å². The minimum atomic E-state index is -0.404. The molecule has 0 atom stereocenters. The minimum Gasteiger partial charge on any atom is -0.444 e. The first-order valence-corrected chi connectivity index (χ1v) is 6.49. The second-order valence-electron chi connectivity index (χ2n) is 6.18. The maximum Gasteiger partial charge on any atom is 0.410 e. The highest BCUT2D eigenvalue weighted by molar-refractivity contribution is 5.69. The Morgan fingerprint density at radius 2 is 2.00 bits per heavy atom. The molecule has 0 aromatic carbocycles. The summed E-state index contributed by atoms with van der Waals surface area (Å²) in [5.74, 6) is 0. The molecule has 1 amide bonds. The molecule has 100 valence electrons. The molecule has 1 heterocycles. The molecule has 0 radical (unpaired) electrons. The van der Waals surface area contributed by atoms with Gasteiger partial charge in [-0.15, -0.1) is 0 Å². The first-order chi connectivity index (χ1) is 7.76. The second kappa shape index (κ2) is 5.25. The van der Waals surface area contributed by atoms with Crippen LogP contribution < -0.4 is 5.32 Å². The van der Waals surface area contributed by atoms with Crippen LogP contribution in [0.25, 0.3) is 0 Å². The number of rotatable bonds is 4. The van der Waals surface area contributed by atoms with E-state index in [2.05, 4.69) is 19.2 Å². The normalized spacial score (nSPS) is 18.8. The lowest BCUT2D eigenvalue weighted by atomic mass is 9.92. The van der Waals surface area contributed by atoms with E-state index < -0.39 is 5.60 Å². The number of nitrogens with zero attached hydrogens (tertiary/aromatic N) is 1. The number of carbonyl (C=O) groups is 1.